The topological polar surface area (TPSA) is 113 Å². The molecule has 0 fully saturated rings. The third-order valence-corrected chi connectivity index (χ3v) is 2.27. The number of methoxy groups -OCH3 is 1. The van der Waals surface area contributed by atoms with Crippen molar-refractivity contribution < 1.29 is 19.4 Å². The van der Waals surface area contributed by atoms with Crippen molar-refractivity contribution in [3.63, 3.8) is 0 Å². The van der Waals surface area contributed by atoms with Crippen molar-refractivity contribution in [3.05, 3.63) is 23.8 Å². The lowest BCUT2D eigenvalue weighted by Crippen LogP contribution is -2.42. The molecule has 0 aliphatic heterocycles. The molecule has 0 aliphatic rings. The van der Waals surface area contributed by atoms with Crippen molar-refractivity contribution in [2.45, 2.75) is 19.6 Å². The van der Waals surface area contributed by atoms with Gasteiger partial charge in [0.1, 0.15) is 0 Å². The first-order chi connectivity index (χ1) is 9.02. The number of rotatable bonds is 6. The molecular formula is C11H16N4O4. The Kier molecular flexibility index (Phi) is 5.68. The fraction of sp³-hybridized carbons (Fsp3) is 0.455. The first-order valence-corrected chi connectivity index (χ1v) is 5.57. The number of carbonyl (C=O) groups is 2. The average molecular weight is 268 g/mol. The largest absolute Gasteiger partial charge is 0.479 e. The minimum atomic E-state index is -1.13. The van der Waals surface area contributed by atoms with E-state index in [0.717, 1.165) is 5.69 Å². The number of hydrogen-bond donors (Lipinski definition) is 3. The minimum absolute atomic E-state index is 0.114. The summed E-state index contributed by atoms with van der Waals surface area (Å²) in [5.41, 5.74) is 1.40. The SMILES string of the molecule is COC(CNC(=O)NCc1cnc(C)cn1)C(=O)O. The van der Waals surface area contributed by atoms with Crippen LogP contribution in [0.15, 0.2) is 12.4 Å². The molecule has 0 saturated carbocycles. The van der Waals surface area contributed by atoms with Gasteiger partial charge in [-0.2, -0.15) is 0 Å². The predicted molar refractivity (Wildman–Crippen MR) is 65.4 cm³/mol. The Balaban J connectivity index is 2.31. The lowest BCUT2D eigenvalue weighted by molar-refractivity contribution is -0.147. The van der Waals surface area contributed by atoms with Gasteiger partial charge in [0, 0.05) is 13.3 Å². The number of carbonyl (C=O) groups excluding carboxylic acids is 1. The molecule has 8 nitrogen and oxygen atoms in total. The van der Waals surface area contributed by atoms with E-state index in [9.17, 15) is 9.59 Å². The molecule has 0 aromatic carbocycles. The molecule has 1 aromatic heterocycles. The van der Waals surface area contributed by atoms with Crippen LogP contribution in [0.4, 0.5) is 4.79 Å². The molecular weight excluding hydrogens is 252 g/mol. The molecule has 1 aromatic rings. The van der Waals surface area contributed by atoms with Gasteiger partial charge >= 0.3 is 12.0 Å². The van der Waals surface area contributed by atoms with Gasteiger partial charge in [0.2, 0.25) is 0 Å². The number of hydrogen-bond acceptors (Lipinski definition) is 5. The Labute approximate surface area is 110 Å². The van der Waals surface area contributed by atoms with Gasteiger partial charge in [-0.05, 0) is 6.92 Å². The highest BCUT2D eigenvalue weighted by Crippen LogP contribution is 1.93. The van der Waals surface area contributed by atoms with E-state index in [4.69, 9.17) is 5.11 Å². The van der Waals surface area contributed by atoms with Crippen LogP contribution < -0.4 is 10.6 Å². The van der Waals surface area contributed by atoms with Gasteiger partial charge < -0.3 is 20.5 Å². The Morgan fingerprint density at radius 3 is 2.63 bits per heavy atom. The van der Waals surface area contributed by atoms with Crippen molar-refractivity contribution in [2.24, 2.45) is 0 Å². The van der Waals surface area contributed by atoms with E-state index >= 15 is 0 Å². The van der Waals surface area contributed by atoms with Crippen LogP contribution in [0, 0.1) is 6.92 Å². The fourth-order valence-electron chi connectivity index (χ4n) is 1.20. The maximum Gasteiger partial charge on any atom is 0.334 e. The van der Waals surface area contributed by atoms with Crippen LogP contribution in [0.3, 0.4) is 0 Å². The van der Waals surface area contributed by atoms with Gasteiger partial charge in [-0.25, -0.2) is 9.59 Å². The van der Waals surface area contributed by atoms with Gasteiger partial charge in [-0.15, -0.1) is 0 Å². The zero-order chi connectivity index (χ0) is 14.3. The molecule has 1 atom stereocenters. The molecule has 0 radical (unpaired) electrons. The highest BCUT2D eigenvalue weighted by atomic mass is 16.5. The first kappa shape index (κ1) is 14.8. The minimum Gasteiger partial charge on any atom is -0.479 e. The normalized spacial score (nSPS) is 11.7. The summed E-state index contributed by atoms with van der Waals surface area (Å²) in [6.07, 6.45) is 2.09. The van der Waals surface area contributed by atoms with Gasteiger partial charge in [0.25, 0.3) is 0 Å². The molecule has 8 heteroatoms. The van der Waals surface area contributed by atoms with E-state index < -0.39 is 18.1 Å². The summed E-state index contributed by atoms with van der Waals surface area (Å²) in [6, 6.07) is -0.495. The van der Waals surface area contributed by atoms with Crippen LogP contribution in [0.25, 0.3) is 0 Å². The number of carboxylic acids is 1. The summed E-state index contributed by atoms with van der Waals surface area (Å²) >= 11 is 0. The van der Waals surface area contributed by atoms with E-state index in [1.807, 2.05) is 6.92 Å². The number of carboxylic acid groups (broad SMARTS) is 1. The summed E-state index contributed by atoms with van der Waals surface area (Å²) in [5, 5.41) is 13.6. The predicted octanol–water partition coefficient (Wildman–Crippen LogP) is -0.316. The third kappa shape index (κ3) is 5.30. The Hall–Kier alpha value is -2.22. The molecule has 104 valence electrons. The average Bonchev–Trinajstić information content (AvgIpc) is 2.38. The highest BCUT2D eigenvalue weighted by Gasteiger charge is 2.16. The Bertz CT molecular complexity index is 435. The lowest BCUT2D eigenvalue weighted by Gasteiger charge is -2.12. The zero-order valence-corrected chi connectivity index (χ0v) is 10.7. The second-order valence-corrected chi connectivity index (χ2v) is 3.78. The number of ether oxygens (including phenoxy) is 1. The molecule has 1 unspecified atom stereocenters. The van der Waals surface area contributed by atoms with Crippen molar-refractivity contribution in [3.8, 4) is 0 Å². The number of aliphatic carboxylic acids is 1. The number of amides is 2. The summed E-state index contributed by atoms with van der Waals surface area (Å²) < 4.78 is 4.67. The smallest absolute Gasteiger partial charge is 0.334 e. The second-order valence-electron chi connectivity index (χ2n) is 3.78. The van der Waals surface area contributed by atoms with Crippen LogP contribution in [-0.2, 0) is 16.1 Å². The maximum atomic E-state index is 11.4. The van der Waals surface area contributed by atoms with Gasteiger partial charge in [-0.3, -0.25) is 9.97 Å². The van der Waals surface area contributed by atoms with Crippen LogP contribution in [-0.4, -0.2) is 46.8 Å². The molecule has 0 aliphatic carbocycles. The summed E-state index contributed by atoms with van der Waals surface area (Å²) in [7, 11) is 1.26. The van der Waals surface area contributed by atoms with Crippen LogP contribution in [0.5, 0.6) is 0 Å². The molecule has 0 saturated heterocycles. The van der Waals surface area contributed by atoms with Crippen molar-refractivity contribution >= 4 is 12.0 Å². The van der Waals surface area contributed by atoms with Crippen molar-refractivity contribution in [1.29, 1.82) is 0 Å². The third-order valence-electron chi connectivity index (χ3n) is 2.27. The number of urea groups is 1. The fourth-order valence-corrected chi connectivity index (χ4v) is 1.20. The highest BCUT2D eigenvalue weighted by molar-refractivity contribution is 5.76. The van der Waals surface area contributed by atoms with Crippen molar-refractivity contribution in [2.75, 3.05) is 13.7 Å². The van der Waals surface area contributed by atoms with Gasteiger partial charge in [0.15, 0.2) is 6.10 Å². The van der Waals surface area contributed by atoms with E-state index in [2.05, 4.69) is 25.3 Å². The standard InChI is InChI=1S/C11H16N4O4/c1-7-3-13-8(4-12-7)5-14-11(18)15-6-9(19-2)10(16)17/h3-4,9H,5-6H2,1-2H3,(H,16,17)(H2,14,15,18). The number of nitrogens with one attached hydrogen (secondary N) is 2. The van der Waals surface area contributed by atoms with E-state index in [1.54, 1.807) is 12.4 Å². The number of aromatic nitrogens is 2. The second kappa shape index (κ2) is 7.27. The summed E-state index contributed by atoms with van der Waals surface area (Å²) in [6.45, 7) is 1.91. The van der Waals surface area contributed by atoms with E-state index in [1.165, 1.54) is 7.11 Å². The molecule has 2 amide bonds. The van der Waals surface area contributed by atoms with Crippen LogP contribution >= 0.6 is 0 Å². The monoisotopic (exact) mass is 268 g/mol. The Morgan fingerprint density at radius 1 is 1.37 bits per heavy atom. The molecule has 19 heavy (non-hydrogen) atoms. The van der Waals surface area contributed by atoms with Crippen LogP contribution in [0.1, 0.15) is 11.4 Å². The Morgan fingerprint density at radius 2 is 2.11 bits per heavy atom. The number of aryl methyl sites for hydroxylation is 1. The summed E-state index contributed by atoms with van der Waals surface area (Å²) in [5.74, 6) is -1.13. The van der Waals surface area contributed by atoms with Gasteiger partial charge in [0.05, 0.1) is 30.7 Å². The quantitative estimate of drug-likeness (QED) is 0.652. The maximum absolute atomic E-state index is 11.4. The molecule has 1 rings (SSSR count). The van der Waals surface area contributed by atoms with E-state index in [-0.39, 0.29) is 13.1 Å². The van der Waals surface area contributed by atoms with Crippen molar-refractivity contribution in [1.82, 2.24) is 20.6 Å². The lowest BCUT2D eigenvalue weighted by atomic mass is 10.3. The van der Waals surface area contributed by atoms with Gasteiger partial charge in [-0.1, -0.05) is 0 Å². The first-order valence-electron chi connectivity index (χ1n) is 5.57. The molecule has 3 N–H and O–H groups in total. The molecule has 0 bridgehead atoms. The molecule has 1 heterocycles. The van der Waals surface area contributed by atoms with Crippen LogP contribution in [0.2, 0.25) is 0 Å². The summed E-state index contributed by atoms with van der Waals surface area (Å²) in [4.78, 5) is 30.1. The number of nitrogens with zero attached hydrogens (tertiary/aromatic N) is 2. The van der Waals surface area contributed by atoms with E-state index in [0.29, 0.717) is 5.69 Å². The molecule has 0 spiro atoms. The zero-order valence-electron chi connectivity index (χ0n) is 10.7.